The third kappa shape index (κ3) is 5.08. The molecule has 2 N–H and O–H groups in total. The second kappa shape index (κ2) is 8.33. The van der Waals surface area contributed by atoms with Gasteiger partial charge in [-0.25, -0.2) is 4.79 Å². The molecule has 0 aliphatic heterocycles. The van der Waals surface area contributed by atoms with Crippen LogP contribution < -0.4 is 15.5 Å². The second-order valence-corrected chi connectivity index (χ2v) is 6.21. The molecule has 2 rings (SSSR count). The van der Waals surface area contributed by atoms with E-state index in [2.05, 4.69) is 29.7 Å². The number of amides is 3. The molecule has 0 fully saturated rings. The average Bonchev–Trinajstić information content (AvgIpc) is 2.61. The molecule has 2 atom stereocenters. The van der Waals surface area contributed by atoms with Crippen LogP contribution in [-0.4, -0.2) is 25.0 Å². The molecule has 5 nitrogen and oxygen atoms in total. The van der Waals surface area contributed by atoms with E-state index in [0.29, 0.717) is 5.69 Å². The maximum absolute atomic E-state index is 12.2. The van der Waals surface area contributed by atoms with Crippen LogP contribution in [0.15, 0.2) is 54.6 Å². The molecule has 0 aliphatic carbocycles. The van der Waals surface area contributed by atoms with Crippen molar-refractivity contribution < 1.29 is 9.59 Å². The molecule has 0 aliphatic rings. The van der Waals surface area contributed by atoms with Gasteiger partial charge in [0.25, 0.3) is 0 Å². The van der Waals surface area contributed by atoms with Crippen LogP contribution in [-0.2, 0) is 4.79 Å². The Morgan fingerprint density at radius 3 is 2.12 bits per heavy atom. The fraction of sp³-hybridized carbons (Fsp3) is 0.300. The van der Waals surface area contributed by atoms with Crippen LogP contribution in [0.25, 0.3) is 0 Å². The molecule has 0 spiro atoms. The summed E-state index contributed by atoms with van der Waals surface area (Å²) >= 11 is 0. The number of carbonyl (C=O) groups is 2. The maximum Gasteiger partial charge on any atom is 0.319 e. The van der Waals surface area contributed by atoms with Crippen molar-refractivity contribution in [1.82, 2.24) is 5.32 Å². The van der Waals surface area contributed by atoms with Crippen molar-refractivity contribution >= 4 is 23.3 Å². The molecule has 25 heavy (non-hydrogen) atoms. The molecule has 0 unspecified atom stereocenters. The van der Waals surface area contributed by atoms with Crippen LogP contribution in [0.1, 0.15) is 32.3 Å². The highest BCUT2D eigenvalue weighted by atomic mass is 16.2. The van der Waals surface area contributed by atoms with E-state index in [1.165, 1.54) is 12.5 Å². The van der Waals surface area contributed by atoms with E-state index in [9.17, 15) is 9.59 Å². The minimum Gasteiger partial charge on any atom is -0.335 e. The van der Waals surface area contributed by atoms with Gasteiger partial charge in [-0.3, -0.25) is 4.79 Å². The van der Waals surface area contributed by atoms with E-state index in [-0.39, 0.29) is 23.9 Å². The van der Waals surface area contributed by atoms with Crippen molar-refractivity contribution in [2.45, 2.75) is 32.7 Å². The summed E-state index contributed by atoms with van der Waals surface area (Å²) < 4.78 is 0. The summed E-state index contributed by atoms with van der Waals surface area (Å²) in [5.41, 5.74) is 2.65. The van der Waals surface area contributed by atoms with Crippen LogP contribution in [0.3, 0.4) is 0 Å². The minimum atomic E-state index is -0.247. The lowest BCUT2D eigenvalue weighted by Crippen LogP contribution is -2.39. The van der Waals surface area contributed by atoms with E-state index < -0.39 is 0 Å². The van der Waals surface area contributed by atoms with Gasteiger partial charge in [0.1, 0.15) is 0 Å². The Hall–Kier alpha value is -2.82. The zero-order valence-corrected chi connectivity index (χ0v) is 15.1. The van der Waals surface area contributed by atoms with Gasteiger partial charge in [-0.2, -0.15) is 0 Å². The Balaban J connectivity index is 1.92. The maximum atomic E-state index is 12.2. The van der Waals surface area contributed by atoms with Crippen LogP contribution in [0, 0.1) is 0 Å². The van der Waals surface area contributed by atoms with Gasteiger partial charge < -0.3 is 15.5 Å². The predicted octanol–water partition coefficient (Wildman–Crippen LogP) is 3.98. The third-order valence-electron chi connectivity index (χ3n) is 4.42. The summed E-state index contributed by atoms with van der Waals surface area (Å²) in [6, 6.07) is 17.0. The monoisotopic (exact) mass is 339 g/mol. The van der Waals surface area contributed by atoms with Crippen LogP contribution in [0.2, 0.25) is 0 Å². The lowest BCUT2D eigenvalue weighted by atomic mass is 9.95. The van der Waals surface area contributed by atoms with E-state index in [1.54, 1.807) is 36.2 Å². The summed E-state index contributed by atoms with van der Waals surface area (Å²) in [6.07, 6.45) is 0. The van der Waals surface area contributed by atoms with Gasteiger partial charge in [-0.1, -0.05) is 37.3 Å². The van der Waals surface area contributed by atoms with Crippen LogP contribution >= 0.6 is 0 Å². The number of urea groups is 1. The Morgan fingerprint density at radius 2 is 1.56 bits per heavy atom. The first-order chi connectivity index (χ1) is 11.9. The lowest BCUT2D eigenvalue weighted by molar-refractivity contribution is -0.116. The molecule has 0 aromatic heterocycles. The number of hydrogen-bond acceptors (Lipinski definition) is 2. The molecule has 0 saturated heterocycles. The largest absolute Gasteiger partial charge is 0.335 e. The fourth-order valence-electron chi connectivity index (χ4n) is 2.49. The molecule has 3 amide bonds. The SMILES string of the molecule is CC(=O)N(C)c1ccc(NC(=O)N[C@H](C)[C@@H](C)c2ccccc2)cc1. The molecule has 0 bridgehead atoms. The topological polar surface area (TPSA) is 61.4 Å². The quantitative estimate of drug-likeness (QED) is 0.865. The molecule has 132 valence electrons. The number of hydrogen-bond donors (Lipinski definition) is 2. The number of benzene rings is 2. The van der Waals surface area contributed by atoms with E-state index >= 15 is 0 Å². The van der Waals surface area contributed by atoms with E-state index in [1.807, 2.05) is 25.1 Å². The zero-order valence-electron chi connectivity index (χ0n) is 15.1. The normalized spacial score (nSPS) is 12.8. The Morgan fingerprint density at radius 1 is 0.960 bits per heavy atom. The smallest absolute Gasteiger partial charge is 0.319 e. The van der Waals surface area contributed by atoms with Crippen molar-refractivity contribution in [3.05, 3.63) is 60.2 Å². The number of carbonyl (C=O) groups excluding carboxylic acids is 2. The molecule has 2 aromatic carbocycles. The van der Waals surface area contributed by atoms with Gasteiger partial charge in [0.05, 0.1) is 0 Å². The first-order valence-electron chi connectivity index (χ1n) is 8.35. The first-order valence-corrected chi connectivity index (χ1v) is 8.35. The summed E-state index contributed by atoms with van der Waals surface area (Å²) in [6.45, 7) is 5.59. The second-order valence-electron chi connectivity index (χ2n) is 6.21. The predicted molar refractivity (Wildman–Crippen MR) is 102 cm³/mol. The molecular weight excluding hydrogens is 314 g/mol. The molecule has 0 radical (unpaired) electrons. The minimum absolute atomic E-state index is 0.00878. The van der Waals surface area contributed by atoms with Gasteiger partial charge in [0.15, 0.2) is 0 Å². The number of anilines is 2. The lowest BCUT2D eigenvalue weighted by Gasteiger charge is -2.22. The third-order valence-corrected chi connectivity index (χ3v) is 4.42. The van der Waals surface area contributed by atoms with Crippen LogP contribution in [0.4, 0.5) is 16.2 Å². The average molecular weight is 339 g/mol. The fourth-order valence-corrected chi connectivity index (χ4v) is 2.49. The van der Waals surface area contributed by atoms with Gasteiger partial charge in [-0.05, 0) is 36.8 Å². The number of rotatable bonds is 5. The highest BCUT2D eigenvalue weighted by Crippen LogP contribution is 2.19. The Labute approximate surface area is 149 Å². The van der Waals surface area contributed by atoms with Crippen LogP contribution in [0.5, 0.6) is 0 Å². The van der Waals surface area contributed by atoms with Gasteiger partial charge in [-0.15, -0.1) is 0 Å². The summed E-state index contributed by atoms with van der Waals surface area (Å²) in [4.78, 5) is 25.1. The number of nitrogens with one attached hydrogen (secondary N) is 2. The Kier molecular flexibility index (Phi) is 6.17. The van der Waals surface area contributed by atoms with Crippen molar-refractivity contribution in [2.24, 2.45) is 0 Å². The summed E-state index contributed by atoms with van der Waals surface area (Å²) in [5.74, 6) is 0.167. The zero-order chi connectivity index (χ0) is 18.4. The van der Waals surface area contributed by atoms with Crippen molar-refractivity contribution in [3.63, 3.8) is 0 Å². The summed E-state index contributed by atoms with van der Waals surface area (Å²) in [7, 11) is 1.71. The van der Waals surface area contributed by atoms with Gasteiger partial charge in [0.2, 0.25) is 5.91 Å². The van der Waals surface area contributed by atoms with Crippen molar-refractivity contribution in [2.75, 3.05) is 17.3 Å². The first kappa shape index (κ1) is 18.5. The number of nitrogens with zero attached hydrogens (tertiary/aromatic N) is 1. The standard InChI is InChI=1S/C20H25N3O2/c1-14(17-8-6-5-7-9-17)15(2)21-20(25)22-18-10-12-19(13-11-18)23(4)16(3)24/h5-15H,1-4H3,(H2,21,22,25)/t14-,15-/m1/s1. The highest BCUT2D eigenvalue weighted by Gasteiger charge is 2.16. The molecule has 5 heteroatoms. The van der Waals surface area contributed by atoms with Crippen molar-refractivity contribution in [1.29, 1.82) is 0 Å². The van der Waals surface area contributed by atoms with Crippen molar-refractivity contribution in [3.8, 4) is 0 Å². The van der Waals surface area contributed by atoms with Gasteiger partial charge >= 0.3 is 6.03 Å². The molecule has 0 saturated carbocycles. The molecule has 0 heterocycles. The highest BCUT2D eigenvalue weighted by molar-refractivity contribution is 5.92. The van der Waals surface area contributed by atoms with Gasteiger partial charge in [0, 0.05) is 37.3 Å². The Bertz CT molecular complexity index is 713. The summed E-state index contributed by atoms with van der Waals surface area (Å²) in [5, 5.41) is 5.79. The van der Waals surface area contributed by atoms with E-state index in [0.717, 1.165) is 5.69 Å². The molecule has 2 aromatic rings. The van der Waals surface area contributed by atoms with E-state index in [4.69, 9.17) is 0 Å². The molecular formula is C20H25N3O2.